The van der Waals surface area contributed by atoms with Crippen molar-refractivity contribution in [1.82, 2.24) is 5.32 Å². The van der Waals surface area contributed by atoms with Crippen LogP contribution in [0.1, 0.15) is 20.3 Å². The van der Waals surface area contributed by atoms with Gasteiger partial charge in [-0.3, -0.25) is 0 Å². The largest absolute Gasteiger partial charge is 0.484 e. The van der Waals surface area contributed by atoms with Crippen LogP contribution in [-0.4, -0.2) is 36.6 Å². The van der Waals surface area contributed by atoms with E-state index in [0.717, 1.165) is 0 Å². The van der Waals surface area contributed by atoms with E-state index in [1.54, 1.807) is 0 Å². The number of rotatable bonds is 7. The fraction of sp³-hybridized carbons (Fsp3) is 0.533. The molecule has 1 aromatic rings. The zero-order chi connectivity index (χ0) is 17.5. The molecule has 0 spiro atoms. The van der Waals surface area contributed by atoms with Gasteiger partial charge < -0.3 is 20.5 Å². The van der Waals surface area contributed by atoms with Crippen molar-refractivity contribution in [3.8, 4) is 5.75 Å². The Hall–Kier alpha value is -1.96. The van der Waals surface area contributed by atoms with Crippen molar-refractivity contribution >= 4 is 11.7 Å². The quantitative estimate of drug-likeness (QED) is 0.717. The molecule has 0 fully saturated rings. The molecule has 0 aliphatic heterocycles. The van der Waals surface area contributed by atoms with E-state index in [-0.39, 0.29) is 18.2 Å². The van der Waals surface area contributed by atoms with Gasteiger partial charge in [0.2, 0.25) is 0 Å². The Morgan fingerprint density at radius 1 is 1.35 bits per heavy atom. The van der Waals surface area contributed by atoms with E-state index in [9.17, 15) is 23.1 Å². The summed E-state index contributed by atoms with van der Waals surface area (Å²) in [5.41, 5.74) is 0.312. The first kappa shape index (κ1) is 19.1. The van der Waals surface area contributed by atoms with Gasteiger partial charge in [-0.1, -0.05) is 19.9 Å². The van der Waals surface area contributed by atoms with Gasteiger partial charge in [0.15, 0.2) is 6.61 Å². The number of ether oxygens (including phenoxy) is 1. The van der Waals surface area contributed by atoms with E-state index >= 15 is 0 Å². The summed E-state index contributed by atoms with van der Waals surface area (Å²) in [6.07, 6.45) is -4.51. The Balaban J connectivity index is 2.43. The Morgan fingerprint density at radius 2 is 2.04 bits per heavy atom. The number of nitrogens with one attached hydrogen (secondary N) is 2. The van der Waals surface area contributed by atoms with Crippen molar-refractivity contribution in [3.05, 3.63) is 24.3 Å². The number of carbonyl (C=O) groups excluding carboxylic acids is 1. The average Bonchev–Trinajstić information content (AvgIpc) is 2.44. The van der Waals surface area contributed by atoms with Crippen molar-refractivity contribution in [2.45, 2.75) is 32.5 Å². The molecule has 2 amide bonds. The number of benzene rings is 1. The second-order valence-electron chi connectivity index (χ2n) is 5.41. The smallest absolute Gasteiger partial charge is 0.422 e. The number of carbonyl (C=O) groups is 1. The van der Waals surface area contributed by atoms with Crippen LogP contribution in [0, 0.1) is 5.92 Å². The molecule has 1 aromatic carbocycles. The Bertz CT molecular complexity index is 507. The molecular formula is C15H21F3N2O3. The number of aliphatic hydroxyl groups excluding tert-OH is 1. The molecule has 0 saturated carbocycles. The predicted molar refractivity (Wildman–Crippen MR) is 80.5 cm³/mol. The zero-order valence-corrected chi connectivity index (χ0v) is 13.0. The maximum atomic E-state index is 12.1. The van der Waals surface area contributed by atoms with Gasteiger partial charge in [0, 0.05) is 18.3 Å². The lowest BCUT2D eigenvalue weighted by Crippen LogP contribution is -2.32. The summed E-state index contributed by atoms with van der Waals surface area (Å²) in [5, 5.41) is 14.7. The van der Waals surface area contributed by atoms with Gasteiger partial charge in [0.25, 0.3) is 0 Å². The molecule has 1 rings (SSSR count). The number of alkyl halides is 3. The lowest BCUT2D eigenvalue weighted by molar-refractivity contribution is -0.153. The van der Waals surface area contributed by atoms with Crippen molar-refractivity contribution in [1.29, 1.82) is 0 Å². The SMILES string of the molecule is CC(C)C(O)CCNC(=O)Nc1cccc(OCC(F)(F)F)c1. The number of aliphatic hydroxyl groups is 1. The molecule has 8 heteroatoms. The van der Waals surface area contributed by atoms with Gasteiger partial charge in [0.1, 0.15) is 5.75 Å². The van der Waals surface area contributed by atoms with Crippen LogP contribution in [0.4, 0.5) is 23.7 Å². The van der Waals surface area contributed by atoms with Crippen LogP contribution in [0.2, 0.25) is 0 Å². The van der Waals surface area contributed by atoms with Crippen molar-refractivity contribution < 1.29 is 27.8 Å². The van der Waals surface area contributed by atoms with Gasteiger partial charge in [-0.15, -0.1) is 0 Å². The molecule has 0 aliphatic carbocycles. The Labute approximate surface area is 132 Å². The number of amides is 2. The minimum absolute atomic E-state index is 0.00959. The molecule has 5 nitrogen and oxygen atoms in total. The van der Waals surface area contributed by atoms with E-state index in [1.165, 1.54) is 24.3 Å². The van der Waals surface area contributed by atoms with Crippen LogP contribution in [0.5, 0.6) is 5.75 Å². The number of urea groups is 1. The molecule has 130 valence electrons. The Kier molecular flexibility index (Phi) is 7.15. The standard InChI is InChI=1S/C15H21F3N2O3/c1-10(2)13(21)6-7-19-14(22)20-11-4-3-5-12(8-11)23-9-15(16,17)18/h3-5,8,10,13,21H,6-7,9H2,1-2H3,(H2,19,20,22). The second kappa shape index (κ2) is 8.61. The third-order valence-corrected chi connectivity index (χ3v) is 2.99. The summed E-state index contributed by atoms with van der Waals surface area (Å²) in [5.74, 6) is 0.109. The highest BCUT2D eigenvalue weighted by molar-refractivity contribution is 5.89. The summed E-state index contributed by atoms with van der Waals surface area (Å²) in [4.78, 5) is 11.7. The Morgan fingerprint density at radius 3 is 2.65 bits per heavy atom. The first-order valence-corrected chi connectivity index (χ1v) is 7.20. The highest BCUT2D eigenvalue weighted by Crippen LogP contribution is 2.21. The number of hydrogen-bond donors (Lipinski definition) is 3. The molecule has 0 saturated heterocycles. The lowest BCUT2D eigenvalue weighted by atomic mass is 10.0. The lowest BCUT2D eigenvalue weighted by Gasteiger charge is -2.15. The highest BCUT2D eigenvalue weighted by Gasteiger charge is 2.28. The van der Waals surface area contributed by atoms with E-state index in [0.29, 0.717) is 12.1 Å². The molecule has 0 radical (unpaired) electrons. The van der Waals surface area contributed by atoms with Gasteiger partial charge in [0.05, 0.1) is 6.10 Å². The van der Waals surface area contributed by atoms with Crippen LogP contribution in [-0.2, 0) is 0 Å². The topological polar surface area (TPSA) is 70.6 Å². The second-order valence-corrected chi connectivity index (χ2v) is 5.41. The fourth-order valence-corrected chi connectivity index (χ4v) is 1.67. The fourth-order valence-electron chi connectivity index (χ4n) is 1.67. The molecule has 1 unspecified atom stereocenters. The van der Waals surface area contributed by atoms with Gasteiger partial charge in [-0.25, -0.2) is 4.79 Å². The molecule has 0 aromatic heterocycles. The number of anilines is 1. The number of halogens is 3. The molecular weight excluding hydrogens is 313 g/mol. The monoisotopic (exact) mass is 334 g/mol. The van der Waals surface area contributed by atoms with E-state index in [2.05, 4.69) is 15.4 Å². The van der Waals surface area contributed by atoms with Crippen LogP contribution < -0.4 is 15.4 Å². The highest BCUT2D eigenvalue weighted by atomic mass is 19.4. The predicted octanol–water partition coefficient (Wildman–Crippen LogP) is 3.16. The maximum absolute atomic E-state index is 12.1. The van der Waals surface area contributed by atoms with Crippen molar-refractivity contribution in [2.24, 2.45) is 5.92 Å². The third kappa shape index (κ3) is 8.29. The minimum atomic E-state index is -4.42. The van der Waals surface area contributed by atoms with Gasteiger partial charge in [-0.05, 0) is 24.5 Å². The van der Waals surface area contributed by atoms with E-state index < -0.39 is 24.9 Å². The summed E-state index contributed by atoms with van der Waals surface area (Å²) >= 11 is 0. The minimum Gasteiger partial charge on any atom is -0.484 e. The maximum Gasteiger partial charge on any atom is 0.422 e. The molecule has 3 N–H and O–H groups in total. The summed E-state index contributed by atoms with van der Waals surface area (Å²) in [7, 11) is 0. The zero-order valence-electron chi connectivity index (χ0n) is 13.0. The van der Waals surface area contributed by atoms with Crippen LogP contribution in [0.3, 0.4) is 0 Å². The van der Waals surface area contributed by atoms with Crippen LogP contribution in [0.25, 0.3) is 0 Å². The first-order chi connectivity index (χ1) is 10.7. The first-order valence-electron chi connectivity index (χ1n) is 7.20. The average molecular weight is 334 g/mol. The summed E-state index contributed by atoms with van der Waals surface area (Å²) in [6.45, 7) is 2.64. The normalized spacial score (nSPS) is 12.8. The van der Waals surface area contributed by atoms with Gasteiger partial charge >= 0.3 is 12.2 Å². The number of hydrogen-bond acceptors (Lipinski definition) is 3. The van der Waals surface area contributed by atoms with Crippen LogP contribution in [0.15, 0.2) is 24.3 Å². The van der Waals surface area contributed by atoms with E-state index in [1.807, 2.05) is 13.8 Å². The van der Waals surface area contributed by atoms with Gasteiger partial charge in [-0.2, -0.15) is 13.2 Å². The van der Waals surface area contributed by atoms with Crippen molar-refractivity contribution in [2.75, 3.05) is 18.5 Å². The summed E-state index contributed by atoms with van der Waals surface area (Å²) < 4.78 is 40.9. The van der Waals surface area contributed by atoms with Crippen molar-refractivity contribution in [3.63, 3.8) is 0 Å². The molecule has 1 atom stereocenters. The molecule has 0 aliphatic rings. The third-order valence-electron chi connectivity index (χ3n) is 2.99. The molecule has 0 heterocycles. The van der Waals surface area contributed by atoms with Crippen LogP contribution >= 0.6 is 0 Å². The van der Waals surface area contributed by atoms with E-state index in [4.69, 9.17) is 0 Å². The molecule has 23 heavy (non-hydrogen) atoms. The summed E-state index contributed by atoms with van der Waals surface area (Å²) in [6, 6.07) is 5.17. The molecule has 0 bridgehead atoms.